The van der Waals surface area contributed by atoms with E-state index in [1.807, 2.05) is 60.7 Å². The van der Waals surface area contributed by atoms with Crippen molar-refractivity contribution < 1.29 is 19.5 Å². The van der Waals surface area contributed by atoms with Gasteiger partial charge in [0.05, 0.1) is 6.10 Å². The zero-order chi connectivity index (χ0) is 20.1. The number of carbonyl (C=O) groups excluding carboxylic acids is 3. The number of imide groups is 1. The van der Waals surface area contributed by atoms with Crippen molar-refractivity contribution in [1.29, 1.82) is 0 Å². The van der Waals surface area contributed by atoms with Gasteiger partial charge in [-0.05, 0) is 17.5 Å². The van der Waals surface area contributed by atoms with Crippen LogP contribution >= 0.6 is 0 Å². The molecule has 0 unspecified atom stereocenters. The van der Waals surface area contributed by atoms with Crippen LogP contribution in [0.25, 0.3) is 0 Å². The summed E-state index contributed by atoms with van der Waals surface area (Å²) >= 11 is 0. The molecule has 2 aromatic rings. The minimum Gasteiger partial charge on any atom is -0.391 e. The normalized spacial score (nSPS) is 16.9. The van der Waals surface area contributed by atoms with Gasteiger partial charge in [0.15, 0.2) is 0 Å². The Morgan fingerprint density at radius 2 is 1.61 bits per heavy atom. The van der Waals surface area contributed by atoms with Crippen molar-refractivity contribution in [1.82, 2.24) is 10.2 Å². The monoisotopic (exact) mass is 380 g/mol. The van der Waals surface area contributed by atoms with E-state index in [1.54, 1.807) is 6.92 Å². The molecule has 1 heterocycles. The van der Waals surface area contributed by atoms with E-state index in [0.717, 1.165) is 16.0 Å². The van der Waals surface area contributed by atoms with Crippen LogP contribution in [0.4, 0.5) is 0 Å². The second-order valence-corrected chi connectivity index (χ2v) is 6.97. The van der Waals surface area contributed by atoms with Crippen LogP contribution in [0.15, 0.2) is 60.7 Å². The molecule has 2 N–H and O–H groups in total. The number of aliphatic hydroxyl groups is 1. The standard InChI is InChI=1S/C22H24N2O4/c1-2-18(25)14-23-19(26)15-24-20(27)13-22(21(24)28,16-9-5-3-6-10-16)17-11-7-4-8-12-17/h3-12,18,25H,2,13-15H2,1H3,(H,23,26)/t18-/m0/s1. The molecule has 0 aromatic heterocycles. The summed E-state index contributed by atoms with van der Waals surface area (Å²) in [7, 11) is 0. The van der Waals surface area contributed by atoms with Gasteiger partial charge < -0.3 is 10.4 Å². The first-order valence-electron chi connectivity index (χ1n) is 9.39. The van der Waals surface area contributed by atoms with E-state index in [0.29, 0.717) is 6.42 Å². The number of rotatable bonds is 7. The summed E-state index contributed by atoms with van der Waals surface area (Å²) in [6.45, 7) is 1.54. The predicted octanol–water partition coefficient (Wildman–Crippen LogP) is 1.62. The molecule has 2 aromatic carbocycles. The molecule has 3 rings (SSSR count). The van der Waals surface area contributed by atoms with Gasteiger partial charge in [0, 0.05) is 13.0 Å². The molecule has 1 aliphatic heterocycles. The molecule has 0 saturated carbocycles. The lowest BCUT2D eigenvalue weighted by atomic mass is 9.73. The van der Waals surface area contributed by atoms with Crippen LogP contribution in [0.3, 0.4) is 0 Å². The molecule has 6 nitrogen and oxygen atoms in total. The number of nitrogens with zero attached hydrogens (tertiary/aromatic N) is 1. The maximum Gasteiger partial charge on any atom is 0.245 e. The molecule has 1 fully saturated rings. The predicted molar refractivity (Wildman–Crippen MR) is 104 cm³/mol. The molecule has 0 aliphatic carbocycles. The number of hydrogen-bond acceptors (Lipinski definition) is 4. The summed E-state index contributed by atoms with van der Waals surface area (Å²) in [5.74, 6) is -1.25. The summed E-state index contributed by atoms with van der Waals surface area (Å²) in [4.78, 5) is 39.4. The summed E-state index contributed by atoms with van der Waals surface area (Å²) < 4.78 is 0. The average Bonchev–Trinajstić information content (AvgIpc) is 2.99. The Bertz CT molecular complexity index is 812. The van der Waals surface area contributed by atoms with Gasteiger partial charge in [0.2, 0.25) is 17.7 Å². The van der Waals surface area contributed by atoms with Crippen molar-refractivity contribution in [2.24, 2.45) is 0 Å². The van der Waals surface area contributed by atoms with Gasteiger partial charge in [0.25, 0.3) is 0 Å². The molecule has 1 atom stereocenters. The number of aliphatic hydroxyl groups excluding tert-OH is 1. The molecule has 0 bridgehead atoms. The highest BCUT2D eigenvalue weighted by Gasteiger charge is 2.54. The molecule has 28 heavy (non-hydrogen) atoms. The highest BCUT2D eigenvalue weighted by atomic mass is 16.3. The quantitative estimate of drug-likeness (QED) is 0.715. The summed E-state index contributed by atoms with van der Waals surface area (Å²) in [6.07, 6.45) is -0.167. The van der Waals surface area contributed by atoms with E-state index < -0.39 is 23.3 Å². The summed E-state index contributed by atoms with van der Waals surface area (Å²) in [5.41, 5.74) is 0.316. The number of hydrogen-bond donors (Lipinski definition) is 2. The zero-order valence-electron chi connectivity index (χ0n) is 15.8. The molecule has 3 amide bonds. The Morgan fingerprint density at radius 3 is 2.11 bits per heavy atom. The van der Waals surface area contributed by atoms with Gasteiger partial charge in [-0.1, -0.05) is 67.6 Å². The lowest BCUT2D eigenvalue weighted by molar-refractivity contribution is -0.143. The molecular weight excluding hydrogens is 356 g/mol. The van der Waals surface area contributed by atoms with Crippen molar-refractivity contribution in [3.63, 3.8) is 0 Å². The van der Waals surface area contributed by atoms with E-state index in [-0.39, 0.29) is 25.4 Å². The number of amides is 3. The second-order valence-electron chi connectivity index (χ2n) is 6.97. The van der Waals surface area contributed by atoms with E-state index in [9.17, 15) is 19.5 Å². The Kier molecular flexibility index (Phi) is 5.90. The first-order chi connectivity index (χ1) is 13.5. The average molecular weight is 380 g/mol. The van der Waals surface area contributed by atoms with Crippen molar-refractivity contribution >= 4 is 17.7 Å². The van der Waals surface area contributed by atoms with E-state index in [4.69, 9.17) is 0 Å². The smallest absolute Gasteiger partial charge is 0.245 e. The SMILES string of the molecule is CC[C@H](O)CNC(=O)CN1C(=O)CC(c2ccccc2)(c2ccccc2)C1=O. The molecule has 146 valence electrons. The third-order valence-corrected chi connectivity index (χ3v) is 5.17. The van der Waals surface area contributed by atoms with Gasteiger partial charge in [-0.2, -0.15) is 0 Å². The fourth-order valence-corrected chi connectivity index (χ4v) is 3.54. The minimum absolute atomic E-state index is 0.0231. The summed E-state index contributed by atoms with van der Waals surface area (Å²) in [6, 6.07) is 18.4. The zero-order valence-corrected chi connectivity index (χ0v) is 15.8. The molecule has 1 saturated heterocycles. The Labute approximate surface area is 164 Å². The molecule has 0 radical (unpaired) electrons. The minimum atomic E-state index is -1.14. The van der Waals surface area contributed by atoms with Crippen molar-refractivity contribution in [2.75, 3.05) is 13.1 Å². The van der Waals surface area contributed by atoms with Crippen molar-refractivity contribution in [3.05, 3.63) is 71.8 Å². The molecular formula is C22H24N2O4. The number of likely N-dealkylation sites (tertiary alicyclic amines) is 1. The van der Waals surface area contributed by atoms with Gasteiger partial charge in [-0.15, -0.1) is 0 Å². The second kappa shape index (κ2) is 8.35. The Morgan fingerprint density at radius 1 is 1.07 bits per heavy atom. The van der Waals surface area contributed by atoms with E-state index >= 15 is 0 Å². The highest BCUT2D eigenvalue weighted by molar-refractivity contribution is 6.12. The van der Waals surface area contributed by atoms with Gasteiger partial charge in [0.1, 0.15) is 12.0 Å². The topological polar surface area (TPSA) is 86.7 Å². The number of benzene rings is 2. The lowest BCUT2D eigenvalue weighted by Crippen LogP contribution is -2.45. The Balaban J connectivity index is 1.90. The van der Waals surface area contributed by atoms with Gasteiger partial charge in [-0.25, -0.2) is 0 Å². The van der Waals surface area contributed by atoms with Crippen molar-refractivity contribution in [3.8, 4) is 0 Å². The molecule has 0 spiro atoms. The van der Waals surface area contributed by atoms with Crippen LogP contribution in [-0.4, -0.2) is 46.9 Å². The Hall–Kier alpha value is -2.99. The lowest BCUT2D eigenvalue weighted by Gasteiger charge is -2.28. The van der Waals surface area contributed by atoms with Gasteiger partial charge in [-0.3, -0.25) is 19.3 Å². The fraction of sp³-hybridized carbons (Fsp3) is 0.318. The first kappa shape index (κ1) is 19.8. The third kappa shape index (κ3) is 3.68. The third-order valence-electron chi connectivity index (χ3n) is 5.17. The highest BCUT2D eigenvalue weighted by Crippen LogP contribution is 2.42. The van der Waals surface area contributed by atoms with Crippen LogP contribution < -0.4 is 5.32 Å². The van der Waals surface area contributed by atoms with Crippen molar-refractivity contribution in [2.45, 2.75) is 31.3 Å². The maximum atomic E-state index is 13.4. The largest absolute Gasteiger partial charge is 0.391 e. The first-order valence-corrected chi connectivity index (χ1v) is 9.39. The van der Waals surface area contributed by atoms with Gasteiger partial charge >= 0.3 is 0 Å². The molecule has 1 aliphatic rings. The van der Waals surface area contributed by atoms with E-state index in [1.165, 1.54) is 0 Å². The maximum absolute atomic E-state index is 13.4. The fourth-order valence-electron chi connectivity index (χ4n) is 3.54. The molecule has 6 heteroatoms. The van der Waals surface area contributed by atoms with Crippen LogP contribution in [0.1, 0.15) is 30.9 Å². The number of carbonyl (C=O) groups is 3. The van der Waals surface area contributed by atoms with Crippen LogP contribution in [0.2, 0.25) is 0 Å². The van der Waals surface area contributed by atoms with Crippen LogP contribution in [0, 0.1) is 0 Å². The van der Waals surface area contributed by atoms with E-state index in [2.05, 4.69) is 5.32 Å². The van der Waals surface area contributed by atoms with Crippen LogP contribution in [-0.2, 0) is 19.8 Å². The summed E-state index contributed by atoms with van der Waals surface area (Å²) in [5, 5.41) is 12.2. The number of nitrogens with one attached hydrogen (secondary N) is 1. The van der Waals surface area contributed by atoms with Crippen LogP contribution in [0.5, 0.6) is 0 Å².